The average molecular weight is 318 g/mol. The first-order valence-corrected chi connectivity index (χ1v) is 8.10. The van der Waals surface area contributed by atoms with Crippen LogP contribution in [0.1, 0.15) is 50.8 Å². The molecule has 0 saturated carbocycles. The molecule has 0 aliphatic carbocycles. The van der Waals surface area contributed by atoms with Crippen LogP contribution in [0, 0.1) is 20.8 Å². The normalized spacial score (nSPS) is 18.0. The van der Waals surface area contributed by atoms with E-state index < -0.39 is 0 Å². The largest absolute Gasteiger partial charge is 0.328 e. The molecule has 1 atom stereocenters. The predicted octanol–water partition coefficient (Wildman–Crippen LogP) is 2.13. The van der Waals surface area contributed by atoms with Gasteiger partial charge in [0.05, 0.1) is 16.7 Å². The molecule has 0 spiro atoms. The molecular weight excluding hydrogens is 300 g/mol. The lowest BCUT2D eigenvalue weighted by Crippen LogP contribution is -2.32. The molecule has 0 bridgehead atoms. The zero-order valence-corrected chi connectivity index (χ0v) is 13.7. The van der Waals surface area contributed by atoms with Crippen molar-refractivity contribution in [2.75, 3.05) is 6.54 Å². The number of H-pyrrole nitrogens is 1. The van der Waals surface area contributed by atoms with Crippen LogP contribution in [0.15, 0.2) is 10.9 Å². The Morgan fingerprint density at radius 3 is 2.77 bits per heavy atom. The molecule has 1 fully saturated rings. The molecule has 1 amide bonds. The summed E-state index contributed by atoms with van der Waals surface area (Å²) in [6.07, 6.45) is 1.72. The van der Waals surface area contributed by atoms with Gasteiger partial charge in [-0.1, -0.05) is 0 Å². The van der Waals surface area contributed by atoms with Gasteiger partial charge in [-0.25, -0.2) is 9.97 Å². The fraction of sp³-hybridized carbons (Fsp3) is 0.467. The summed E-state index contributed by atoms with van der Waals surface area (Å²) in [5, 5.41) is 0.888. The van der Waals surface area contributed by atoms with E-state index in [9.17, 15) is 9.59 Å². The third kappa shape index (κ3) is 2.68. The van der Waals surface area contributed by atoms with Gasteiger partial charge >= 0.3 is 0 Å². The molecule has 22 heavy (non-hydrogen) atoms. The van der Waals surface area contributed by atoms with Gasteiger partial charge in [0.25, 0.3) is 11.5 Å². The zero-order chi connectivity index (χ0) is 15.9. The SMILES string of the molecule is Cc1cc(=O)[nH]c([C@@H]2CCCN2C(=O)c2sc(C)nc2C)n1. The van der Waals surface area contributed by atoms with Crippen LogP contribution in [0.25, 0.3) is 0 Å². The molecule has 1 aliphatic heterocycles. The number of hydrogen-bond donors (Lipinski definition) is 1. The highest BCUT2D eigenvalue weighted by atomic mass is 32.1. The maximum Gasteiger partial charge on any atom is 0.266 e. The van der Waals surface area contributed by atoms with E-state index in [1.54, 1.807) is 11.8 Å². The van der Waals surface area contributed by atoms with Gasteiger partial charge in [-0.2, -0.15) is 0 Å². The monoisotopic (exact) mass is 318 g/mol. The lowest BCUT2D eigenvalue weighted by Gasteiger charge is -2.23. The van der Waals surface area contributed by atoms with Gasteiger partial charge < -0.3 is 9.88 Å². The van der Waals surface area contributed by atoms with E-state index in [4.69, 9.17) is 0 Å². The number of hydrogen-bond acceptors (Lipinski definition) is 5. The molecule has 116 valence electrons. The summed E-state index contributed by atoms with van der Waals surface area (Å²) < 4.78 is 0. The smallest absolute Gasteiger partial charge is 0.266 e. The molecule has 1 saturated heterocycles. The first kappa shape index (κ1) is 14.9. The van der Waals surface area contributed by atoms with Crippen molar-refractivity contribution in [3.8, 4) is 0 Å². The van der Waals surface area contributed by atoms with Crippen molar-refractivity contribution < 1.29 is 4.79 Å². The molecule has 2 aromatic heterocycles. The van der Waals surface area contributed by atoms with Gasteiger partial charge in [-0.05, 0) is 33.6 Å². The van der Waals surface area contributed by atoms with Gasteiger partial charge in [0.2, 0.25) is 0 Å². The fourth-order valence-electron chi connectivity index (χ4n) is 2.91. The number of aryl methyl sites for hydroxylation is 3. The van der Waals surface area contributed by atoms with Crippen molar-refractivity contribution in [2.45, 2.75) is 39.7 Å². The Bertz CT molecular complexity index is 780. The number of thiazole rings is 1. The van der Waals surface area contributed by atoms with Gasteiger partial charge in [-0.15, -0.1) is 11.3 Å². The van der Waals surface area contributed by atoms with Crippen molar-refractivity contribution in [3.05, 3.63) is 43.5 Å². The lowest BCUT2D eigenvalue weighted by atomic mass is 10.2. The van der Waals surface area contributed by atoms with Crippen LogP contribution in [-0.2, 0) is 0 Å². The number of nitrogens with one attached hydrogen (secondary N) is 1. The third-order valence-corrected chi connectivity index (χ3v) is 4.88. The second-order valence-corrected chi connectivity index (χ2v) is 6.78. The van der Waals surface area contributed by atoms with Crippen LogP contribution in [0.3, 0.4) is 0 Å². The highest BCUT2D eigenvalue weighted by Crippen LogP contribution is 2.32. The minimum atomic E-state index is -0.174. The maximum atomic E-state index is 12.8. The van der Waals surface area contributed by atoms with E-state index in [2.05, 4.69) is 15.0 Å². The number of carbonyl (C=O) groups excluding carboxylic acids is 1. The van der Waals surface area contributed by atoms with Crippen LogP contribution >= 0.6 is 11.3 Å². The number of amides is 1. The molecule has 1 N–H and O–H groups in total. The molecular formula is C15H18N4O2S. The van der Waals surface area contributed by atoms with E-state index in [1.165, 1.54) is 17.4 Å². The molecule has 2 aromatic rings. The Hall–Kier alpha value is -2.02. The molecule has 0 radical (unpaired) electrons. The molecule has 6 nitrogen and oxygen atoms in total. The molecule has 3 heterocycles. The summed E-state index contributed by atoms with van der Waals surface area (Å²) in [6.45, 7) is 6.22. The van der Waals surface area contributed by atoms with Gasteiger partial charge in [0.1, 0.15) is 10.7 Å². The first-order chi connectivity index (χ1) is 10.5. The zero-order valence-electron chi connectivity index (χ0n) is 12.8. The minimum Gasteiger partial charge on any atom is -0.328 e. The average Bonchev–Trinajstić information content (AvgIpc) is 3.03. The minimum absolute atomic E-state index is 0.0187. The maximum absolute atomic E-state index is 12.8. The predicted molar refractivity (Wildman–Crippen MR) is 84.2 cm³/mol. The highest BCUT2D eigenvalue weighted by Gasteiger charge is 2.33. The van der Waals surface area contributed by atoms with Gasteiger partial charge in [-0.3, -0.25) is 9.59 Å². The summed E-state index contributed by atoms with van der Waals surface area (Å²) in [4.78, 5) is 38.5. The summed E-state index contributed by atoms with van der Waals surface area (Å²) >= 11 is 1.42. The van der Waals surface area contributed by atoms with E-state index in [0.717, 1.165) is 23.5 Å². The first-order valence-electron chi connectivity index (χ1n) is 7.28. The third-order valence-electron chi connectivity index (χ3n) is 3.82. The van der Waals surface area contributed by atoms with E-state index >= 15 is 0 Å². The van der Waals surface area contributed by atoms with Crippen LogP contribution in [-0.4, -0.2) is 32.3 Å². The Morgan fingerprint density at radius 2 is 2.14 bits per heavy atom. The molecule has 3 rings (SSSR count). The van der Waals surface area contributed by atoms with E-state index in [1.807, 2.05) is 13.8 Å². The molecule has 7 heteroatoms. The van der Waals surface area contributed by atoms with Crippen molar-refractivity contribution in [1.29, 1.82) is 0 Å². The summed E-state index contributed by atoms with van der Waals surface area (Å²) in [5.41, 5.74) is 1.26. The number of rotatable bonds is 2. The topological polar surface area (TPSA) is 79.0 Å². The Balaban J connectivity index is 1.94. The molecule has 1 aliphatic rings. The molecule has 0 aromatic carbocycles. The second kappa shape index (κ2) is 5.64. The van der Waals surface area contributed by atoms with Crippen LogP contribution in [0.4, 0.5) is 0 Å². The number of aromatic amines is 1. The van der Waals surface area contributed by atoms with Crippen LogP contribution in [0.5, 0.6) is 0 Å². The van der Waals surface area contributed by atoms with E-state index in [-0.39, 0.29) is 17.5 Å². The van der Waals surface area contributed by atoms with Gasteiger partial charge in [0, 0.05) is 18.3 Å². The highest BCUT2D eigenvalue weighted by molar-refractivity contribution is 7.13. The second-order valence-electron chi connectivity index (χ2n) is 5.58. The van der Waals surface area contributed by atoms with Crippen LogP contribution < -0.4 is 5.56 Å². The Labute approximate surface area is 132 Å². The lowest BCUT2D eigenvalue weighted by molar-refractivity contribution is 0.0733. The van der Waals surface area contributed by atoms with Crippen molar-refractivity contribution in [1.82, 2.24) is 19.9 Å². The number of likely N-dealkylation sites (tertiary alicyclic amines) is 1. The standard InChI is InChI=1S/C15H18N4O2S/c1-8-7-12(20)18-14(16-8)11-5-4-6-19(11)15(21)13-9(2)17-10(3)22-13/h7,11H,4-6H2,1-3H3,(H,16,18,20)/t11-/m0/s1. The van der Waals surface area contributed by atoms with Gasteiger partial charge in [0.15, 0.2) is 0 Å². The summed E-state index contributed by atoms with van der Waals surface area (Å²) in [5.74, 6) is 0.560. The number of aromatic nitrogens is 3. The number of nitrogens with zero attached hydrogens (tertiary/aromatic N) is 3. The summed E-state index contributed by atoms with van der Waals surface area (Å²) in [6, 6.07) is 1.29. The Kier molecular flexibility index (Phi) is 3.82. The quantitative estimate of drug-likeness (QED) is 0.920. The Morgan fingerprint density at radius 1 is 1.36 bits per heavy atom. The van der Waals surface area contributed by atoms with Crippen molar-refractivity contribution in [2.24, 2.45) is 0 Å². The van der Waals surface area contributed by atoms with E-state index in [0.29, 0.717) is 22.9 Å². The number of carbonyl (C=O) groups is 1. The van der Waals surface area contributed by atoms with Crippen LogP contribution in [0.2, 0.25) is 0 Å². The fourth-order valence-corrected chi connectivity index (χ4v) is 3.79. The molecule has 0 unspecified atom stereocenters. The van der Waals surface area contributed by atoms with Crippen molar-refractivity contribution >= 4 is 17.2 Å². The van der Waals surface area contributed by atoms with Crippen molar-refractivity contribution in [3.63, 3.8) is 0 Å². The summed E-state index contributed by atoms with van der Waals surface area (Å²) in [7, 11) is 0.